The molecule has 3 nitrogen and oxygen atoms in total. The number of amides is 1. The number of aryl methyl sites for hydroxylation is 1. The zero-order valence-electron chi connectivity index (χ0n) is 9.58. The van der Waals surface area contributed by atoms with Gasteiger partial charge in [0.1, 0.15) is 0 Å². The molecule has 0 spiro atoms. The molecule has 2 rings (SSSR count). The van der Waals surface area contributed by atoms with Crippen molar-refractivity contribution in [2.75, 3.05) is 0 Å². The Labute approximate surface area is 94.6 Å². The number of benzene rings is 1. The number of fused-ring (bicyclic) bond motifs is 1. The molecule has 2 aromatic rings. The van der Waals surface area contributed by atoms with Crippen LogP contribution in [0, 0.1) is 12.8 Å². The molecule has 0 aliphatic heterocycles. The number of H-pyrrole nitrogens is 1. The van der Waals surface area contributed by atoms with Crippen molar-refractivity contribution < 1.29 is 4.79 Å². The lowest BCUT2D eigenvalue weighted by atomic mass is 9.98. The predicted octanol–water partition coefficient (Wildman–Crippen LogP) is 2.14. The third kappa shape index (κ3) is 1.81. The molecule has 0 aliphatic rings. The molecule has 1 aromatic carbocycles. The van der Waals surface area contributed by atoms with Crippen molar-refractivity contribution in [3.63, 3.8) is 0 Å². The van der Waals surface area contributed by atoms with Gasteiger partial charge in [0.25, 0.3) is 0 Å². The number of carbonyl (C=O) groups is 1. The monoisotopic (exact) mass is 216 g/mol. The van der Waals surface area contributed by atoms with Gasteiger partial charge in [0, 0.05) is 22.5 Å². The number of rotatable bonds is 3. The van der Waals surface area contributed by atoms with Gasteiger partial charge in [-0.05, 0) is 25.0 Å². The van der Waals surface area contributed by atoms with E-state index in [4.69, 9.17) is 5.73 Å². The van der Waals surface area contributed by atoms with Gasteiger partial charge in [0.15, 0.2) is 0 Å². The first-order valence-corrected chi connectivity index (χ1v) is 5.45. The number of carbonyl (C=O) groups excluding carboxylic acids is 1. The minimum atomic E-state index is -0.246. The van der Waals surface area contributed by atoms with Gasteiger partial charge in [-0.15, -0.1) is 0 Å². The molecule has 1 heterocycles. The van der Waals surface area contributed by atoms with E-state index in [1.165, 1.54) is 10.9 Å². The van der Waals surface area contributed by atoms with Gasteiger partial charge in [-0.1, -0.05) is 25.1 Å². The number of aromatic amines is 1. The molecule has 1 amide bonds. The van der Waals surface area contributed by atoms with E-state index in [2.05, 4.69) is 11.1 Å². The molecule has 3 N–H and O–H groups in total. The van der Waals surface area contributed by atoms with Crippen LogP contribution in [0.1, 0.15) is 18.2 Å². The topological polar surface area (TPSA) is 58.9 Å². The maximum atomic E-state index is 11.1. The van der Waals surface area contributed by atoms with Crippen molar-refractivity contribution in [1.29, 1.82) is 0 Å². The second-order valence-corrected chi connectivity index (χ2v) is 4.28. The fourth-order valence-corrected chi connectivity index (χ4v) is 2.00. The van der Waals surface area contributed by atoms with E-state index in [0.717, 1.165) is 11.2 Å². The summed E-state index contributed by atoms with van der Waals surface area (Å²) in [4.78, 5) is 14.4. The molecular weight excluding hydrogens is 200 g/mol. The molecule has 1 unspecified atom stereocenters. The van der Waals surface area contributed by atoms with Gasteiger partial charge in [0.2, 0.25) is 5.91 Å². The quantitative estimate of drug-likeness (QED) is 0.811. The van der Waals surface area contributed by atoms with Crippen LogP contribution in [0.15, 0.2) is 24.3 Å². The summed E-state index contributed by atoms with van der Waals surface area (Å²) in [7, 11) is 0. The summed E-state index contributed by atoms with van der Waals surface area (Å²) in [5.74, 6) is -0.373. The molecule has 0 saturated heterocycles. The molecular formula is C13H16N2O. The Hall–Kier alpha value is -1.77. The van der Waals surface area contributed by atoms with Gasteiger partial charge >= 0.3 is 0 Å². The Bertz CT molecular complexity index is 528. The average Bonchev–Trinajstić information content (AvgIpc) is 2.55. The third-order valence-electron chi connectivity index (χ3n) is 3.02. The number of para-hydroxylation sites is 1. The van der Waals surface area contributed by atoms with Gasteiger partial charge in [-0.3, -0.25) is 4.79 Å². The molecule has 0 aliphatic carbocycles. The first kappa shape index (κ1) is 10.7. The summed E-state index contributed by atoms with van der Waals surface area (Å²) >= 11 is 0. The Morgan fingerprint density at radius 2 is 2.12 bits per heavy atom. The highest BCUT2D eigenvalue weighted by atomic mass is 16.1. The predicted molar refractivity (Wildman–Crippen MR) is 65.1 cm³/mol. The Kier molecular flexibility index (Phi) is 2.69. The minimum Gasteiger partial charge on any atom is -0.369 e. The van der Waals surface area contributed by atoms with Gasteiger partial charge < -0.3 is 10.7 Å². The van der Waals surface area contributed by atoms with Crippen molar-refractivity contribution >= 4 is 16.8 Å². The molecule has 0 bridgehead atoms. The molecule has 0 fully saturated rings. The molecule has 0 saturated carbocycles. The first-order chi connectivity index (χ1) is 7.59. The standard InChI is InChI=1S/C13H16N2O/c1-8(13(14)16)7-11-9(2)15-12-6-4-3-5-10(11)12/h3-6,8,15H,7H2,1-2H3,(H2,14,16). The highest BCUT2D eigenvalue weighted by Crippen LogP contribution is 2.24. The summed E-state index contributed by atoms with van der Waals surface area (Å²) in [6.45, 7) is 3.90. The van der Waals surface area contributed by atoms with Crippen LogP contribution in [-0.4, -0.2) is 10.9 Å². The SMILES string of the molecule is Cc1[nH]c2ccccc2c1CC(C)C(N)=O. The van der Waals surface area contributed by atoms with Gasteiger partial charge in [-0.2, -0.15) is 0 Å². The van der Waals surface area contributed by atoms with Crippen molar-refractivity contribution in [1.82, 2.24) is 4.98 Å². The largest absolute Gasteiger partial charge is 0.369 e. The van der Waals surface area contributed by atoms with Crippen LogP contribution in [0.4, 0.5) is 0 Å². The summed E-state index contributed by atoms with van der Waals surface area (Å²) < 4.78 is 0. The number of nitrogens with two attached hydrogens (primary N) is 1. The Morgan fingerprint density at radius 3 is 2.81 bits per heavy atom. The number of hydrogen-bond acceptors (Lipinski definition) is 1. The zero-order valence-corrected chi connectivity index (χ0v) is 9.58. The third-order valence-corrected chi connectivity index (χ3v) is 3.02. The van der Waals surface area contributed by atoms with Crippen LogP contribution in [0.3, 0.4) is 0 Å². The average molecular weight is 216 g/mol. The lowest BCUT2D eigenvalue weighted by Gasteiger charge is -2.07. The molecule has 16 heavy (non-hydrogen) atoms. The van der Waals surface area contributed by atoms with Crippen molar-refractivity contribution in [2.45, 2.75) is 20.3 Å². The zero-order chi connectivity index (χ0) is 11.7. The van der Waals surface area contributed by atoms with E-state index < -0.39 is 0 Å². The van der Waals surface area contributed by atoms with E-state index >= 15 is 0 Å². The van der Waals surface area contributed by atoms with E-state index in [9.17, 15) is 4.79 Å². The van der Waals surface area contributed by atoms with Gasteiger partial charge in [0.05, 0.1) is 0 Å². The summed E-state index contributed by atoms with van der Waals surface area (Å²) in [5, 5.41) is 1.19. The second kappa shape index (κ2) is 4.00. The van der Waals surface area contributed by atoms with Crippen LogP contribution in [0.5, 0.6) is 0 Å². The first-order valence-electron chi connectivity index (χ1n) is 5.45. The second-order valence-electron chi connectivity index (χ2n) is 4.28. The normalized spacial score (nSPS) is 12.9. The fraction of sp³-hybridized carbons (Fsp3) is 0.308. The van der Waals surface area contributed by atoms with E-state index in [1.807, 2.05) is 32.0 Å². The van der Waals surface area contributed by atoms with Crippen LogP contribution in [0.2, 0.25) is 0 Å². The highest BCUT2D eigenvalue weighted by Gasteiger charge is 2.14. The summed E-state index contributed by atoms with van der Waals surface area (Å²) in [6.07, 6.45) is 0.700. The number of nitrogens with one attached hydrogen (secondary N) is 1. The number of primary amides is 1. The van der Waals surface area contributed by atoms with Crippen LogP contribution in [0.25, 0.3) is 10.9 Å². The highest BCUT2D eigenvalue weighted by molar-refractivity contribution is 5.85. The van der Waals surface area contributed by atoms with Gasteiger partial charge in [-0.25, -0.2) is 0 Å². The summed E-state index contributed by atoms with van der Waals surface area (Å²) in [5.41, 5.74) is 8.73. The molecule has 1 atom stereocenters. The van der Waals surface area contributed by atoms with Crippen LogP contribution >= 0.6 is 0 Å². The van der Waals surface area contributed by atoms with Crippen LogP contribution < -0.4 is 5.73 Å². The summed E-state index contributed by atoms with van der Waals surface area (Å²) in [6, 6.07) is 8.12. The number of hydrogen-bond donors (Lipinski definition) is 2. The molecule has 1 aromatic heterocycles. The number of aromatic nitrogens is 1. The lowest BCUT2D eigenvalue weighted by Crippen LogP contribution is -2.22. The van der Waals surface area contributed by atoms with Crippen molar-refractivity contribution in [3.8, 4) is 0 Å². The maximum Gasteiger partial charge on any atom is 0.220 e. The van der Waals surface area contributed by atoms with E-state index in [-0.39, 0.29) is 11.8 Å². The lowest BCUT2D eigenvalue weighted by molar-refractivity contribution is -0.121. The van der Waals surface area contributed by atoms with Crippen molar-refractivity contribution in [2.24, 2.45) is 11.7 Å². The molecule has 3 heteroatoms. The van der Waals surface area contributed by atoms with Crippen molar-refractivity contribution in [3.05, 3.63) is 35.5 Å². The van der Waals surface area contributed by atoms with E-state index in [1.54, 1.807) is 0 Å². The smallest absolute Gasteiger partial charge is 0.220 e. The molecule has 84 valence electrons. The minimum absolute atomic E-state index is 0.127. The Balaban J connectivity index is 2.43. The fourth-order valence-electron chi connectivity index (χ4n) is 2.00. The van der Waals surface area contributed by atoms with E-state index in [0.29, 0.717) is 6.42 Å². The molecule has 0 radical (unpaired) electrons. The van der Waals surface area contributed by atoms with Crippen LogP contribution in [-0.2, 0) is 11.2 Å². The maximum absolute atomic E-state index is 11.1. The Morgan fingerprint density at radius 1 is 1.44 bits per heavy atom.